The Balaban J connectivity index is 3.25. The molecule has 0 aliphatic carbocycles. The highest BCUT2D eigenvalue weighted by Crippen LogP contribution is 2.27. The minimum absolute atomic E-state index is 0.575. The molecule has 0 unspecified atom stereocenters. The largest absolute Gasteiger partial charge is 0.105 e. The van der Waals surface area contributed by atoms with Crippen LogP contribution in [-0.2, 0) is 0 Å². The Morgan fingerprint density at radius 2 is 1.13 bits per heavy atom. The second-order valence-electron chi connectivity index (χ2n) is 8.84. The molecule has 2 heteroatoms. The molecule has 0 nitrogen and oxygen atoms in total. The van der Waals surface area contributed by atoms with Gasteiger partial charge in [0.15, 0.2) is 0 Å². The lowest BCUT2D eigenvalue weighted by Crippen LogP contribution is -2.09. The van der Waals surface area contributed by atoms with E-state index in [1.165, 1.54) is 103 Å². The Kier molecular flexibility index (Phi) is 15.7. The van der Waals surface area contributed by atoms with Gasteiger partial charge in [-0.05, 0) is 11.8 Å². The Morgan fingerprint density at radius 1 is 0.696 bits per heavy atom. The zero-order valence-electron chi connectivity index (χ0n) is 17.4. The van der Waals surface area contributed by atoms with Crippen molar-refractivity contribution in [3.05, 3.63) is 0 Å². The van der Waals surface area contributed by atoms with Gasteiger partial charge in [-0.1, -0.05) is 123 Å². The molecule has 136 valence electrons. The van der Waals surface area contributed by atoms with Crippen LogP contribution < -0.4 is 0 Å². The molecule has 0 aromatic rings. The van der Waals surface area contributed by atoms with Crippen molar-refractivity contribution in [3.8, 4) is 0 Å². The van der Waals surface area contributed by atoms with E-state index in [9.17, 15) is 0 Å². The molecular formula is C21H46B2. The van der Waals surface area contributed by atoms with Crippen LogP contribution >= 0.6 is 0 Å². The molecule has 0 heterocycles. The Bertz CT molecular complexity index is 238. The molecule has 0 bridgehead atoms. The quantitative estimate of drug-likeness (QED) is 0.216. The molecule has 1 atom stereocenters. The minimum Gasteiger partial charge on any atom is -0.0760 e. The summed E-state index contributed by atoms with van der Waals surface area (Å²) >= 11 is 0. The van der Waals surface area contributed by atoms with Crippen LogP contribution in [0.1, 0.15) is 117 Å². The van der Waals surface area contributed by atoms with E-state index >= 15 is 0 Å². The average molecular weight is 320 g/mol. The van der Waals surface area contributed by atoms with Gasteiger partial charge < -0.3 is 0 Å². The molecule has 0 aliphatic heterocycles. The highest BCUT2D eigenvalue weighted by Gasteiger charge is 2.13. The van der Waals surface area contributed by atoms with Crippen molar-refractivity contribution in [1.29, 1.82) is 0 Å². The fraction of sp³-hybridized carbons (Fsp3) is 1.00. The van der Waals surface area contributed by atoms with Crippen LogP contribution in [0.5, 0.6) is 0 Å². The molecule has 0 radical (unpaired) electrons. The van der Waals surface area contributed by atoms with Crippen molar-refractivity contribution in [2.75, 3.05) is 0 Å². The normalized spacial score (nSPS) is 13.3. The number of hydrogen-bond acceptors (Lipinski definition) is 0. The van der Waals surface area contributed by atoms with Gasteiger partial charge in [0.1, 0.15) is 15.7 Å². The maximum Gasteiger partial charge on any atom is 0.105 e. The summed E-state index contributed by atoms with van der Waals surface area (Å²) in [6.45, 7) is 7.13. The second-order valence-corrected chi connectivity index (χ2v) is 8.84. The monoisotopic (exact) mass is 320 g/mol. The van der Waals surface area contributed by atoms with Gasteiger partial charge in [0.25, 0.3) is 0 Å². The highest BCUT2D eigenvalue weighted by atomic mass is 14.2. The van der Waals surface area contributed by atoms with Crippen molar-refractivity contribution in [1.82, 2.24) is 0 Å². The summed E-state index contributed by atoms with van der Waals surface area (Å²) in [5.41, 5.74) is 0.575. The Labute approximate surface area is 150 Å². The molecule has 0 fully saturated rings. The van der Waals surface area contributed by atoms with Gasteiger partial charge >= 0.3 is 0 Å². The molecule has 0 saturated heterocycles. The van der Waals surface area contributed by atoms with Crippen LogP contribution in [0.25, 0.3) is 0 Å². The predicted molar refractivity (Wildman–Crippen MR) is 114 cm³/mol. The van der Waals surface area contributed by atoms with Gasteiger partial charge in [0.05, 0.1) is 0 Å². The first-order valence-corrected chi connectivity index (χ1v) is 11.0. The molecule has 23 heavy (non-hydrogen) atoms. The van der Waals surface area contributed by atoms with Crippen LogP contribution in [0, 0.1) is 5.41 Å². The molecule has 0 aliphatic rings. The molecule has 0 amide bonds. The maximum atomic E-state index is 2.47. The van der Waals surface area contributed by atoms with Crippen molar-refractivity contribution in [2.45, 2.75) is 129 Å². The first-order valence-electron chi connectivity index (χ1n) is 11.0. The predicted octanol–water partition coefficient (Wildman–Crippen LogP) is 6.36. The van der Waals surface area contributed by atoms with E-state index < -0.39 is 0 Å². The number of hydrogen-bond donors (Lipinski definition) is 0. The van der Waals surface area contributed by atoms with E-state index in [1.54, 1.807) is 0 Å². The van der Waals surface area contributed by atoms with Crippen molar-refractivity contribution >= 4 is 15.7 Å². The summed E-state index contributed by atoms with van der Waals surface area (Å²) in [5.74, 6) is 0.964. The maximum absolute atomic E-state index is 2.47. The lowest BCUT2D eigenvalue weighted by molar-refractivity contribution is 0.356. The van der Waals surface area contributed by atoms with E-state index in [2.05, 4.69) is 36.5 Å². The van der Waals surface area contributed by atoms with Gasteiger partial charge in [-0.15, -0.1) is 0 Å². The topological polar surface area (TPSA) is 0 Å². The minimum atomic E-state index is 0.575. The van der Waals surface area contributed by atoms with E-state index in [0.29, 0.717) is 5.41 Å². The van der Waals surface area contributed by atoms with Crippen molar-refractivity contribution < 1.29 is 0 Å². The molecule has 0 saturated carbocycles. The van der Waals surface area contributed by atoms with Crippen LogP contribution in [0.15, 0.2) is 0 Å². The van der Waals surface area contributed by atoms with Gasteiger partial charge in [0.2, 0.25) is 0 Å². The molecular weight excluding hydrogens is 274 g/mol. The summed E-state index contributed by atoms with van der Waals surface area (Å²) in [6.07, 6.45) is 23.1. The lowest BCUT2D eigenvalue weighted by Gasteiger charge is -2.22. The fourth-order valence-electron chi connectivity index (χ4n) is 3.40. The third kappa shape index (κ3) is 16.8. The van der Waals surface area contributed by atoms with Gasteiger partial charge in [0, 0.05) is 0 Å². The smallest absolute Gasteiger partial charge is 0.0760 e. The third-order valence-corrected chi connectivity index (χ3v) is 5.81. The fourth-order valence-corrected chi connectivity index (χ4v) is 3.40. The summed E-state index contributed by atoms with van der Waals surface area (Å²) in [6, 6.07) is 0. The van der Waals surface area contributed by atoms with Gasteiger partial charge in [-0.2, -0.15) is 0 Å². The Morgan fingerprint density at radius 3 is 1.61 bits per heavy atom. The zero-order valence-corrected chi connectivity index (χ0v) is 17.4. The lowest BCUT2D eigenvalue weighted by atomic mass is 9.76. The Hall–Kier alpha value is 0.130. The standard InChI is InChI=1S/C21H46B2/c1-4-5-6-7-10-13-16-20(23)17-14-11-8-9-12-15-18-21(2,3)19-22/h20H,4-19,22-23H2,1-3H3/t20-/m0/s1. The van der Waals surface area contributed by atoms with Crippen LogP contribution in [0.4, 0.5) is 0 Å². The van der Waals surface area contributed by atoms with Crippen LogP contribution in [0.2, 0.25) is 12.1 Å². The van der Waals surface area contributed by atoms with Gasteiger partial charge in [-0.25, -0.2) is 0 Å². The van der Waals surface area contributed by atoms with Crippen molar-refractivity contribution in [2.24, 2.45) is 5.41 Å². The van der Waals surface area contributed by atoms with E-state index in [1.807, 2.05) is 0 Å². The molecule has 0 rings (SSSR count). The molecule has 0 aromatic heterocycles. The molecule has 0 spiro atoms. The van der Waals surface area contributed by atoms with E-state index in [4.69, 9.17) is 0 Å². The number of unbranched alkanes of at least 4 members (excludes halogenated alkanes) is 10. The summed E-state index contributed by atoms with van der Waals surface area (Å²) in [5, 5.41) is 0. The first kappa shape index (κ1) is 23.1. The first-order chi connectivity index (χ1) is 11.0. The van der Waals surface area contributed by atoms with Gasteiger partial charge in [-0.3, -0.25) is 0 Å². The third-order valence-electron chi connectivity index (χ3n) is 5.81. The second kappa shape index (κ2) is 15.6. The average Bonchev–Trinajstić information content (AvgIpc) is 2.53. The number of rotatable bonds is 17. The summed E-state index contributed by atoms with van der Waals surface area (Å²) < 4.78 is 0. The van der Waals surface area contributed by atoms with Crippen molar-refractivity contribution in [3.63, 3.8) is 0 Å². The SMILES string of the molecule is BCC(C)(C)CCCCCCCC[C@@H](B)CCCCCCCC. The highest BCUT2D eigenvalue weighted by molar-refractivity contribution is 6.11. The summed E-state index contributed by atoms with van der Waals surface area (Å²) in [7, 11) is 4.80. The van der Waals surface area contributed by atoms with E-state index in [0.717, 1.165) is 5.82 Å². The van der Waals surface area contributed by atoms with Crippen LogP contribution in [0.3, 0.4) is 0 Å². The zero-order chi connectivity index (χ0) is 17.4. The van der Waals surface area contributed by atoms with E-state index in [-0.39, 0.29) is 0 Å². The summed E-state index contributed by atoms with van der Waals surface area (Å²) in [4.78, 5) is 0. The molecule has 0 N–H and O–H groups in total. The van der Waals surface area contributed by atoms with Crippen LogP contribution in [-0.4, -0.2) is 15.7 Å². The molecule has 0 aromatic carbocycles.